The maximum atomic E-state index is 9.92. The van der Waals surface area contributed by atoms with Crippen molar-refractivity contribution in [2.75, 3.05) is 0 Å². The first kappa shape index (κ1) is 10.7. The van der Waals surface area contributed by atoms with Gasteiger partial charge in [0.05, 0.1) is 17.6 Å². The van der Waals surface area contributed by atoms with Gasteiger partial charge in [-0.2, -0.15) is 5.26 Å². The molecule has 0 aliphatic rings. The quantitative estimate of drug-likeness (QED) is 0.777. The molecule has 0 heterocycles. The summed E-state index contributed by atoms with van der Waals surface area (Å²) in [4.78, 5) is 0. The Morgan fingerprint density at radius 1 is 1.29 bits per heavy atom. The summed E-state index contributed by atoms with van der Waals surface area (Å²) in [5.41, 5.74) is 1.20. The maximum Gasteiger partial charge on any atom is 0.0970 e. The smallest absolute Gasteiger partial charge is 0.0970 e. The molecule has 0 saturated heterocycles. The summed E-state index contributed by atoms with van der Waals surface area (Å²) in [7, 11) is 0. The first-order valence-corrected chi connectivity index (χ1v) is 4.63. The average Bonchev–Trinajstić information content (AvgIpc) is 2.18. The van der Waals surface area contributed by atoms with Crippen LogP contribution in [-0.2, 0) is 0 Å². The number of aliphatic hydroxyl groups is 1. The van der Waals surface area contributed by atoms with Gasteiger partial charge in [-0.15, -0.1) is 0 Å². The van der Waals surface area contributed by atoms with E-state index in [0.29, 0.717) is 0 Å². The van der Waals surface area contributed by atoms with Gasteiger partial charge in [0.25, 0.3) is 0 Å². The van der Waals surface area contributed by atoms with Crippen LogP contribution >= 0.6 is 0 Å². The number of aryl methyl sites for hydroxylation is 1. The zero-order valence-corrected chi connectivity index (χ0v) is 8.78. The Hall–Kier alpha value is -1.33. The second-order valence-corrected chi connectivity index (χ2v) is 4.15. The standard InChI is InChI=1S/C12H15NO/c1-9-4-6-10(7-5-9)11(14)12(2,3)8-13/h4-7,11,14H,1-3H3. The van der Waals surface area contributed by atoms with E-state index in [-0.39, 0.29) is 0 Å². The van der Waals surface area contributed by atoms with Gasteiger partial charge in [0.15, 0.2) is 0 Å². The van der Waals surface area contributed by atoms with Crippen LogP contribution in [0.5, 0.6) is 0 Å². The summed E-state index contributed by atoms with van der Waals surface area (Å²) < 4.78 is 0. The Morgan fingerprint density at radius 3 is 2.21 bits per heavy atom. The van der Waals surface area contributed by atoms with Crippen molar-refractivity contribution in [1.82, 2.24) is 0 Å². The fraction of sp³-hybridized carbons (Fsp3) is 0.417. The van der Waals surface area contributed by atoms with Gasteiger partial charge in [-0.05, 0) is 26.3 Å². The van der Waals surface area contributed by atoms with E-state index in [1.807, 2.05) is 31.2 Å². The van der Waals surface area contributed by atoms with Crippen molar-refractivity contribution in [3.05, 3.63) is 35.4 Å². The fourth-order valence-corrected chi connectivity index (χ4v) is 1.23. The van der Waals surface area contributed by atoms with Crippen molar-refractivity contribution in [3.8, 4) is 6.07 Å². The molecule has 0 radical (unpaired) electrons. The number of nitriles is 1. The molecule has 1 unspecified atom stereocenters. The normalized spacial score (nSPS) is 13.4. The van der Waals surface area contributed by atoms with E-state index in [2.05, 4.69) is 6.07 Å². The molecule has 0 fully saturated rings. The first-order chi connectivity index (χ1) is 6.47. The minimum atomic E-state index is -0.741. The minimum absolute atomic E-state index is 0.729. The molecule has 1 aromatic carbocycles. The SMILES string of the molecule is Cc1ccc(C(O)C(C)(C)C#N)cc1. The van der Waals surface area contributed by atoms with Crippen molar-refractivity contribution in [1.29, 1.82) is 5.26 Å². The van der Waals surface area contributed by atoms with Crippen LogP contribution in [0.15, 0.2) is 24.3 Å². The van der Waals surface area contributed by atoms with Crippen LogP contribution in [0.3, 0.4) is 0 Å². The van der Waals surface area contributed by atoms with E-state index in [1.165, 1.54) is 0 Å². The third-order valence-electron chi connectivity index (χ3n) is 2.36. The van der Waals surface area contributed by atoms with E-state index in [4.69, 9.17) is 5.26 Å². The Kier molecular flexibility index (Phi) is 2.93. The molecule has 2 nitrogen and oxygen atoms in total. The largest absolute Gasteiger partial charge is 0.387 e. The summed E-state index contributed by atoms with van der Waals surface area (Å²) >= 11 is 0. The lowest BCUT2D eigenvalue weighted by atomic mass is 9.84. The second kappa shape index (κ2) is 3.81. The van der Waals surface area contributed by atoms with Crippen molar-refractivity contribution in [3.63, 3.8) is 0 Å². The Balaban J connectivity index is 2.96. The number of rotatable bonds is 2. The molecular weight excluding hydrogens is 174 g/mol. The van der Waals surface area contributed by atoms with E-state index >= 15 is 0 Å². The predicted molar refractivity (Wildman–Crippen MR) is 55.5 cm³/mol. The molecule has 2 heteroatoms. The van der Waals surface area contributed by atoms with Gasteiger partial charge in [0.2, 0.25) is 0 Å². The molecule has 0 spiro atoms. The van der Waals surface area contributed by atoms with Crippen molar-refractivity contribution < 1.29 is 5.11 Å². The van der Waals surface area contributed by atoms with Crippen LogP contribution in [0.1, 0.15) is 31.1 Å². The van der Waals surface area contributed by atoms with E-state index in [0.717, 1.165) is 11.1 Å². The third-order valence-corrected chi connectivity index (χ3v) is 2.36. The minimum Gasteiger partial charge on any atom is -0.387 e. The van der Waals surface area contributed by atoms with Gasteiger partial charge < -0.3 is 5.11 Å². The third kappa shape index (κ3) is 2.12. The molecule has 1 rings (SSSR count). The molecule has 0 saturated carbocycles. The highest BCUT2D eigenvalue weighted by molar-refractivity contribution is 5.25. The van der Waals surface area contributed by atoms with E-state index in [1.54, 1.807) is 13.8 Å². The van der Waals surface area contributed by atoms with Gasteiger partial charge in [0.1, 0.15) is 0 Å². The lowest BCUT2D eigenvalue weighted by molar-refractivity contribution is 0.0868. The van der Waals surface area contributed by atoms with Crippen molar-refractivity contribution in [2.24, 2.45) is 5.41 Å². The molecule has 0 aromatic heterocycles. The summed E-state index contributed by atoms with van der Waals surface area (Å²) in [6, 6.07) is 9.70. The van der Waals surface area contributed by atoms with Gasteiger partial charge in [-0.25, -0.2) is 0 Å². The van der Waals surface area contributed by atoms with Gasteiger partial charge in [-0.3, -0.25) is 0 Å². The van der Waals surface area contributed by atoms with Crippen LogP contribution in [0.4, 0.5) is 0 Å². The number of hydrogen-bond acceptors (Lipinski definition) is 2. The van der Waals surface area contributed by atoms with Crippen LogP contribution in [0.25, 0.3) is 0 Å². The van der Waals surface area contributed by atoms with E-state index < -0.39 is 11.5 Å². The molecule has 14 heavy (non-hydrogen) atoms. The average molecular weight is 189 g/mol. The molecule has 1 atom stereocenters. The summed E-state index contributed by atoms with van der Waals surface area (Å²) in [6.07, 6.45) is -0.729. The van der Waals surface area contributed by atoms with Crippen LogP contribution < -0.4 is 0 Å². The Bertz CT molecular complexity index is 346. The van der Waals surface area contributed by atoms with Crippen molar-refractivity contribution in [2.45, 2.75) is 26.9 Å². The van der Waals surface area contributed by atoms with Crippen molar-refractivity contribution >= 4 is 0 Å². The molecule has 0 amide bonds. The van der Waals surface area contributed by atoms with E-state index in [9.17, 15) is 5.11 Å². The fourth-order valence-electron chi connectivity index (χ4n) is 1.23. The lowest BCUT2D eigenvalue weighted by Gasteiger charge is -2.23. The highest BCUT2D eigenvalue weighted by Gasteiger charge is 2.28. The lowest BCUT2D eigenvalue weighted by Crippen LogP contribution is -2.19. The predicted octanol–water partition coefficient (Wildman–Crippen LogP) is 2.58. The maximum absolute atomic E-state index is 9.92. The number of nitrogens with zero attached hydrogens (tertiary/aromatic N) is 1. The monoisotopic (exact) mass is 189 g/mol. The van der Waals surface area contributed by atoms with Crippen LogP contribution in [-0.4, -0.2) is 5.11 Å². The van der Waals surface area contributed by atoms with Gasteiger partial charge in [-0.1, -0.05) is 29.8 Å². The highest BCUT2D eigenvalue weighted by atomic mass is 16.3. The van der Waals surface area contributed by atoms with Gasteiger partial charge in [0, 0.05) is 0 Å². The molecule has 74 valence electrons. The zero-order valence-electron chi connectivity index (χ0n) is 8.78. The zero-order chi connectivity index (χ0) is 10.8. The number of benzene rings is 1. The second-order valence-electron chi connectivity index (χ2n) is 4.15. The van der Waals surface area contributed by atoms with Gasteiger partial charge >= 0.3 is 0 Å². The molecule has 1 N–H and O–H groups in total. The molecule has 0 bridgehead atoms. The summed E-state index contributed by atoms with van der Waals surface area (Å²) in [6.45, 7) is 5.46. The molecule has 0 aliphatic heterocycles. The summed E-state index contributed by atoms with van der Waals surface area (Å²) in [5, 5.41) is 18.8. The summed E-state index contributed by atoms with van der Waals surface area (Å²) in [5.74, 6) is 0. The highest BCUT2D eigenvalue weighted by Crippen LogP contribution is 2.32. The number of hydrogen-bond donors (Lipinski definition) is 1. The molecule has 0 aliphatic carbocycles. The number of aliphatic hydroxyl groups excluding tert-OH is 1. The Morgan fingerprint density at radius 2 is 1.79 bits per heavy atom. The Labute approximate surface area is 84.8 Å². The topological polar surface area (TPSA) is 44.0 Å². The molecular formula is C12H15NO. The molecule has 1 aromatic rings. The van der Waals surface area contributed by atoms with Crippen LogP contribution in [0, 0.1) is 23.7 Å². The van der Waals surface area contributed by atoms with Crippen LogP contribution in [0.2, 0.25) is 0 Å². The first-order valence-electron chi connectivity index (χ1n) is 4.63.